The van der Waals surface area contributed by atoms with E-state index in [1.54, 1.807) is 0 Å². The number of amides is 1. The third kappa shape index (κ3) is 6.16. The lowest BCUT2D eigenvalue weighted by Crippen LogP contribution is -2.45. The van der Waals surface area contributed by atoms with Crippen LogP contribution in [0.15, 0.2) is 66.7 Å². The molecule has 0 saturated carbocycles. The predicted molar refractivity (Wildman–Crippen MR) is 139 cm³/mol. The van der Waals surface area contributed by atoms with Crippen molar-refractivity contribution in [1.29, 1.82) is 0 Å². The lowest BCUT2D eigenvalue weighted by molar-refractivity contribution is -0.0301. The van der Waals surface area contributed by atoms with Gasteiger partial charge in [0.05, 0.1) is 38.6 Å². The first-order valence-corrected chi connectivity index (χ1v) is 12.8. The van der Waals surface area contributed by atoms with Gasteiger partial charge in [0.1, 0.15) is 5.75 Å². The molecule has 2 heterocycles. The number of hydrogen-bond donors (Lipinski definition) is 2. The Labute approximate surface area is 212 Å². The molecule has 1 amide bonds. The van der Waals surface area contributed by atoms with Gasteiger partial charge in [-0.05, 0) is 53.1 Å². The van der Waals surface area contributed by atoms with Gasteiger partial charge in [-0.15, -0.1) is 0 Å². The van der Waals surface area contributed by atoms with Crippen molar-refractivity contribution in [3.05, 3.63) is 77.9 Å². The molecule has 0 aromatic heterocycles. The summed E-state index contributed by atoms with van der Waals surface area (Å²) in [7, 11) is 0. The number of carboxylic acid groups (broad SMARTS) is 1. The van der Waals surface area contributed by atoms with Crippen LogP contribution in [-0.2, 0) is 16.1 Å². The van der Waals surface area contributed by atoms with Crippen LogP contribution >= 0.6 is 0 Å². The van der Waals surface area contributed by atoms with Gasteiger partial charge in [0.15, 0.2) is 0 Å². The lowest BCUT2D eigenvalue weighted by Gasteiger charge is -2.32. The van der Waals surface area contributed by atoms with Gasteiger partial charge in [0.25, 0.3) is 0 Å². The highest BCUT2D eigenvalue weighted by atomic mass is 16.5. The molecule has 3 atom stereocenters. The van der Waals surface area contributed by atoms with Gasteiger partial charge in [-0.2, -0.15) is 0 Å². The Kier molecular flexibility index (Phi) is 8.01. The third-order valence-corrected chi connectivity index (χ3v) is 7.13. The Morgan fingerprint density at radius 2 is 1.92 bits per heavy atom. The highest BCUT2D eigenvalue weighted by molar-refractivity contribution is 5.82. The van der Waals surface area contributed by atoms with E-state index in [1.165, 1.54) is 26.8 Å². The Balaban J connectivity index is 1.13. The molecule has 0 aliphatic carbocycles. The fourth-order valence-corrected chi connectivity index (χ4v) is 5.11. The number of ether oxygens (including phenoxy) is 3. The monoisotopic (exact) mass is 490 g/mol. The third-order valence-electron chi connectivity index (χ3n) is 7.13. The van der Waals surface area contributed by atoms with Gasteiger partial charge in [-0.1, -0.05) is 48.5 Å². The fourth-order valence-electron chi connectivity index (χ4n) is 5.11. The normalized spacial score (nSPS) is 22.4. The lowest BCUT2D eigenvalue weighted by atomic mass is 9.87. The first-order chi connectivity index (χ1) is 17.7. The van der Waals surface area contributed by atoms with Gasteiger partial charge in [-0.3, -0.25) is 0 Å². The number of nitrogens with one attached hydrogen (secondary N) is 1. The minimum absolute atomic E-state index is 0.109. The largest absolute Gasteiger partial charge is 0.493 e. The number of piperidine rings is 1. The number of morpholine rings is 1. The number of benzene rings is 3. The number of carbonyl (C=O) groups is 1. The summed E-state index contributed by atoms with van der Waals surface area (Å²) in [5.41, 5.74) is 2.45. The molecular formula is C29H34N2O5. The molecule has 2 aliphatic rings. The average Bonchev–Trinajstić information content (AvgIpc) is 2.92. The van der Waals surface area contributed by atoms with Crippen LogP contribution in [0.1, 0.15) is 29.9 Å². The maximum Gasteiger partial charge on any atom is 0.407 e. The predicted octanol–water partition coefficient (Wildman–Crippen LogP) is 4.65. The molecule has 7 heteroatoms. The first-order valence-electron chi connectivity index (χ1n) is 12.8. The molecule has 5 rings (SSSR count). The summed E-state index contributed by atoms with van der Waals surface area (Å²) < 4.78 is 18.0. The first kappa shape index (κ1) is 24.6. The van der Waals surface area contributed by atoms with E-state index in [-0.39, 0.29) is 12.2 Å². The smallest absolute Gasteiger partial charge is 0.407 e. The van der Waals surface area contributed by atoms with Crippen molar-refractivity contribution in [3.63, 3.8) is 0 Å². The molecule has 7 nitrogen and oxygen atoms in total. The molecule has 2 N–H and O–H groups in total. The highest BCUT2D eigenvalue weighted by Gasteiger charge is 2.27. The molecule has 36 heavy (non-hydrogen) atoms. The molecule has 190 valence electrons. The molecule has 2 saturated heterocycles. The zero-order chi connectivity index (χ0) is 24.7. The van der Waals surface area contributed by atoms with Crippen LogP contribution in [-0.4, -0.2) is 67.7 Å². The number of rotatable bonds is 8. The molecule has 3 aromatic rings. The van der Waals surface area contributed by atoms with E-state index in [4.69, 9.17) is 19.3 Å². The van der Waals surface area contributed by atoms with E-state index in [0.29, 0.717) is 45.2 Å². The molecule has 2 fully saturated rings. The second-order valence-electron chi connectivity index (χ2n) is 9.56. The highest BCUT2D eigenvalue weighted by Crippen LogP contribution is 2.30. The van der Waals surface area contributed by atoms with Gasteiger partial charge in [-0.25, -0.2) is 4.79 Å². The van der Waals surface area contributed by atoms with E-state index in [2.05, 4.69) is 59.9 Å². The quantitative estimate of drug-likeness (QED) is 0.479. The number of nitrogens with zero attached hydrogens (tertiary/aromatic N) is 1. The van der Waals surface area contributed by atoms with Gasteiger partial charge in [0, 0.05) is 25.4 Å². The second kappa shape index (κ2) is 11.7. The van der Waals surface area contributed by atoms with Crippen molar-refractivity contribution in [2.45, 2.75) is 37.6 Å². The zero-order valence-electron chi connectivity index (χ0n) is 20.5. The SMILES string of the molecule is O=C(O)N1CCOC(CCOc2ccc(C3CCNCC3OCc3ccc4ccccc4c3)cc2)C1. The van der Waals surface area contributed by atoms with Crippen molar-refractivity contribution in [2.24, 2.45) is 0 Å². The summed E-state index contributed by atoms with van der Waals surface area (Å²) in [5.74, 6) is 1.14. The Morgan fingerprint density at radius 3 is 2.75 bits per heavy atom. The Hall–Kier alpha value is -3.13. The number of hydrogen-bond acceptors (Lipinski definition) is 5. The van der Waals surface area contributed by atoms with Crippen LogP contribution < -0.4 is 10.1 Å². The topological polar surface area (TPSA) is 80.3 Å². The van der Waals surface area contributed by atoms with E-state index in [1.807, 2.05) is 12.1 Å². The van der Waals surface area contributed by atoms with Gasteiger partial charge >= 0.3 is 6.09 Å². The van der Waals surface area contributed by atoms with Crippen LogP contribution in [0.5, 0.6) is 5.75 Å². The van der Waals surface area contributed by atoms with E-state index >= 15 is 0 Å². The molecule has 0 radical (unpaired) electrons. The molecule has 0 bridgehead atoms. The van der Waals surface area contributed by atoms with Crippen LogP contribution in [0, 0.1) is 0 Å². The van der Waals surface area contributed by atoms with Crippen molar-refractivity contribution in [1.82, 2.24) is 10.2 Å². The minimum Gasteiger partial charge on any atom is -0.493 e. The van der Waals surface area contributed by atoms with Crippen LogP contribution in [0.25, 0.3) is 10.8 Å². The second-order valence-corrected chi connectivity index (χ2v) is 9.56. The van der Waals surface area contributed by atoms with Gasteiger partial charge < -0.3 is 29.5 Å². The molecular weight excluding hydrogens is 456 g/mol. The molecule has 2 aliphatic heterocycles. The summed E-state index contributed by atoms with van der Waals surface area (Å²) in [6.07, 6.45) is 0.783. The van der Waals surface area contributed by atoms with E-state index in [0.717, 1.165) is 25.3 Å². The van der Waals surface area contributed by atoms with E-state index < -0.39 is 6.09 Å². The molecule has 3 unspecified atom stereocenters. The summed E-state index contributed by atoms with van der Waals surface area (Å²) in [5, 5.41) is 15.1. The fraction of sp³-hybridized carbons (Fsp3) is 0.414. The Morgan fingerprint density at radius 1 is 1.08 bits per heavy atom. The average molecular weight is 491 g/mol. The van der Waals surface area contributed by atoms with Crippen molar-refractivity contribution < 1.29 is 24.1 Å². The summed E-state index contributed by atoms with van der Waals surface area (Å²) in [6.45, 7) is 4.16. The summed E-state index contributed by atoms with van der Waals surface area (Å²) in [4.78, 5) is 12.6. The zero-order valence-corrected chi connectivity index (χ0v) is 20.5. The minimum atomic E-state index is -0.891. The van der Waals surface area contributed by atoms with Crippen molar-refractivity contribution >= 4 is 16.9 Å². The maximum absolute atomic E-state index is 11.2. The molecule has 0 spiro atoms. The van der Waals surface area contributed by atoms with Crippen LogP contribution in [0.2, 0.25) is 0 Å². The Bertz CT molecular complexity index is 1150. The molecule has 3 aromatic carbocycles. The van der Waals surface area contributed by atoms with Crippen LogP contribution in [0.3, 0.4) is 0 Å². The van der Waals surface area contributed by atoms with E-state index in [9.17, 15) is 4.79 Å². The number of fused-ring (bicyclic) bond motifs is 1. The summed E-state index contributed by atoms with van der Waals surface area (Å²) in [6, 6.07) is 23.2. The van der Waals surface area contributed by atoms with Crippen molar-refractivity contribution in [2.75, 3.05) is 39.4 Å². The van der Waals surface area contributed by atoms with Gasteiger partial charge in [0.2, 0.25) is 0 Å². The van der Waals surface area contributed by atoms with Crippen LogP contribution in [0.4, 0.5) is 4.79 Å². The summed E-state index contributed by atoms with van der Waals surface area (Å²) >= 11 is 0. The maximum atomic E-state index is 11.2. The van der Waals surface area contributed by atoms with Crippen molar-refractivity contribution in [3.8, 4) is 5.75 Å². The standard InChI is InChI=1S/C29H34N2O5/c32-29(33)31-14-16-35-26(19-31)12-15-34-25-9-7-23(8-10-25)27-11-13-30-18-28(27)36-20-21-5-6-22-3-1-2-4-24(22)17-21/h1-10,17,26-28,30H,11-16,18-20H2,(H,32,33).